The molecule has 2 aromatic rings. The molecule has 0 bridgehead atoms. The number of carbonyl (C=O) groups excluding carboxylic acids is 2. The van der Waals surface area contributed by atoms with Gasteiger partial charge in [0.1, 0.15) is 29.6 Å². The van der Waals surface area contributed by atoms with Crippen molar-refractivity contribution in [3.8, 4) is 0 Å². The molecule has 1 N–H and O–H groups in total. The predicted molar refractivity (Wildman–Crippen MR) is 227 cm³/mol. The summed E-state index contributed by atoms with van der Waals surface area (Å²) in [7, 11) is -0.756. The van der Waals surface area contributed by atoms with Crippen molar-refractivity contribution in [2.45, 2.75) is 189 Å². The highest BCUT2D eigenvalue weighted by atomic mass is 31.2. The molecule has 0 aliphatic carbocycles. The molecule has 1 unspecified atom stereocenters. The lowest BCUT2D eigenvalue weighted by atomic mass is 10.0. The molecule has 0 aromatic carbocycles. The van der Waals surface area contributed by atoms with Gasteiger partial charge in [0, 0.05) is 45.1 Å². The van der Waals surface area contributed by atoms with Gasteiger partial charge in [0.2, 0.25) is 0 Å². The number of nitrogens with zero attached hydrogens (tertiary/aromatic N) is 1. The molecule has 0 radical (unpaired) electrons. The first-order valence-electron chi connectivity index (χ1n) is 22.0. The summed E-state index contributed by atoms with van der Waals surface area (Å²) in [5, 5.41) is 0. The molecule has 0 aliphatic rings. The Bertz CT molecular complexity index is 1460. The second-order valence-corrected chi connectivity index (χ2v) is 17.5. The molecule has 57 heavy (non-hydrogen) atoms. The van der Waals surface area contributed by atoms with Gasteiger partial charge in [-0.05, 0) is 103 Å². The maximum atomic E-state index is 12.8. The molecule has 0 amide bonds. The minimum atomic E-state index is -4.39. The molecule has 0 aliphatic heterocycles. The lowest BCUT2D eigenvalue weighted by Gasteiger charge is -2.20. The summed E-state index contributed by atoms with van der Waals surface area (Å²) in [5.74, 6) is 3.65. The first-order chi connectivity index (χ1) is 27.3. The van der Waals surface area contributed by atoms with Gasteiger partial charge in [-0.1, -0.05) is 78.1 Å². The third-order valence-electron chi connectivity index (χ3n) is 10.8. The number of phosphoric ester groups is 1. The monoisotopic (exact) mass is 824 g/mol. The van der Waals surface area contributed by atoms with Gasteiger partial charge in [0.15, 0.2) is 6.10 Å². The number of ether oxygens (including phenoxy) is 2. The Hall–Kier alpha value is -2.43. The standard InChI is InChI=1S/C45H78NO10P/c1-9-11-20-26-41-37(5)38(6)43(56-41)28-22-17-13-15-19-24-30-45(48)54-39(34-53-57(49,50)52-32-31-46(7)8)33-51-44(47)29-23-18-14-12-16-21-27-42-36(4)35(3)40(55-42)25-10-2/h39H,9-34H2,1-8H3,(H,49,50)/t39-/m1/s1. The summed E-state index contributed by atoms with van der Waals surface area (Å²) in [5.41, 5.74) is 5.18. The van der Waals surface area contributed by atoms with E-state index in [0.717, 1.165) is 119 Å². The zero-order valence-corrected chi connectivity index (χ0v) is 37.9. The number of carbonyl (C=O) groups is 2. The molecule has 2 rings (SSSR count). The van der Waals surface area contributed by atoms with Crippen molar-refractivity contribution in [3.63, 3.8) is 0 Å². The summed E-state index contributed by atoms with van der Waals surface area (Å²) >= 11 is 0. The number of aryl methyl sites for hydroxylation is 4. The first-order valence-corrected chi connectivity index (χ1v) is 23.5. The van der Waals surface area contributed by atoms with E-state index in [2.05, 4.69) is 41.5 Å². The van der Waals surface area contributed by atoms with Crippen molar-refractivity contribution in [1.82, 2.24) is 4.90 Å². The molecule has 11 nitrogen and oxygen atoms in total. The Kier molecular flexibility index (Phi) is 25.7. The molecule has 2 atom stereocenters. The minimum Gasteiger partial charge on any atom is -0.466 e. The Labute approximate surface area is 344 Å². The van der Waals surface area contributed by atoms with Crippen molar-refractivity contribution in [2.24, 2.45) is 0 Å². The second-order valence-electron chi connectivity index (χ2n) is 16.0. The van der Waals surface area contributed by atoms with Gasteiger partial charge in [-0.15, -0.1) is 0 Å². The fourth-order valence-electron chi connectivity index (χ4n) is 6.85. The number of furan rings is 2. The zero-order chi connectivity index (χ0) is 42.1. The summed E-state index contributed by atoms with van der Waals surface area (Å²) in [4.78, 5) is 37.3. The lowest BCUT2D eigenvalue weighted by Crippen LogP contribution is -2.29. The highest BCUT2D eigenvalue weighted by Gasteiger charge is 2.26. The van der Waals surface area contributed by atoms with Crippen LogP contribution in [0.15, 0.2) is 8.83 Å². The number of phosphoric acid groups is 1. The van der Waals surface area contributed by atoms with Crippen molar-refractivity contribution in [1.29, 1.82) is 0 Å². The number of rotatable bonds is 34. The highest BCUT2D eigenvalue weighted by Crippen LogP contribution is 2.43. The molecular formula is C45H78NO10P. The molecule has 328 valence electrons. The van der Waals surface area contributed by atoms with Crippen LogP contribution in [0.3, 0.4) is 0 Å². The topological polar surface area (TPSA) is 138 Å². The van der Waals surface area contributed by atoms with Crippen LogP contribution in [0.1, 0.15) is 175 Å². The number of esters is 2. The second kappa shape index (κ2) is 28.9. The van der Waals surface area contributed by atoms with E-state index >= 15 is 0 Å². The van der Waals surface area contributed by atoms with E-state index in [-0.39, 0.29) is 26.1 Å². The first kappa shape index (κ1) is 50.7. The Balaban J connectivity index is 1.68. The van der Waals surface area contributed by atoms with Gasteiger partial charge in [-0.3, -0.25) is 18.6 Å². The van der Waals surface area contributed by atoms with Gasteiger partial charge in [0.25, 0.3) is 0 Å². The van der Waals surface area contributed by atoms with Crippen LogP contribution < -0.4 is 0 Å². The molecule has 0 saturated heterocycles. The van der Waals surface area contributed by atoms with Gasteiger partial charge < -0.3 is 28.1 Å². The lowest BCUT2D eigenvalue weighted by molar-refractivity contribution is -0.161. The highest BCUT2D eigenvalue weighted by molar-refractivity contribution is 7.47. The molecule has 12 heteroatoms. The summed E-state index contributed by atoms with van der Waals surface area (Å²) in [6, 6.07) is 0. The van der Waals surface area contributed by atoms with Gasteiger partial charge in [-0.2, -0.15) is 0 Å². The largest absolute Gasteiger partial charge is 0.472 e. The quantitative estimate of drug-likeness (QED) is 0.0410. The van der Waals surface area contributed by atoms with E-state index < -0.39 is 32.5 Å². The van der Waals surface area contributed by atoms with E-state index in [1.165, 1.54) is 41.5 Å². The van der Waals surface area contributed by atoms with Crippen LogP contribution in [0.2, 0.25) is 0 Å². The minimum absolute atomic E-state index is 0.00826. The number of hydrogen-bond acceptors (Lipinski definition) is 10. The molecule has 0 spiro atoms. The van der Waals surface area contributed by atoms with Crippen LogP contribution in [0.5, 0.6) is 0 Å². The van der Waals surface area contributed by atoms with Crippen molar-refractivity contribution < 1.29 is 46.4 Å². The van der Waals surface area contributed by atoms with E-state index in [1.54, 1.807) is 0 Å². The molecule has 0 saturated carbocycles. The van der Waals surface area contributed by atoms with Crippen molar-refractivity contribution >= 4 is 19.8 Å². The Morgan fingerprint density at radius 2 is 1.04 bits per heavy atom. The van der Waals surface area contributed by atoms with Crippen LogP contribution in [-0.4, -0.2) is 68.3 Å². The molecule has 2 aromatic heterocycles. The SMILES string of the molecule is CCCCCc1oc(CCCCCCCCC(=O)O[C@H](COC(=O)CCCCCCCCc2oc(CCC)c(C)c2C)COP(=O)(O)OCCN(C)C)c(C)c1C. The van der Waals surface area contributed by atoms with Crippen LogP contribution in [0.25, 0.3) is 0 Å². The molecule has 0 fully saturated rings. The molecule has 2 heterocycles. The van der Waals surface area contributed by atoms with Crippen LogP contribution in [0.4, 0.5) is 0 Å². The predicted octanol–water partition coefficient (Wildman–Crippen LogP) is 11.2. The average Bonchev–Trinajstić information content (AvgIpc) is 3.59. The Morgan fingerprint density at radius 3 is 1.51 bits per heavy atom. The van der Waals surface area contributed by atoms with Crippen LogP contribution in [-0.2, 0) is 58.4 Å². The Morgan fingerprint density at radius 1 is 0.596 bits per heavy atom. The summed E-state index contributed by atoms with van der Waals surface area (Å²) < 4.78 is 45.9. The number of likely N-dealkylation sites (N-methyl/N-ethyl adjacent to an activating group) is 1. The van der Waals surface area contributed by atoms with E-state index in [4.69, 9.17) is 27.4 Å². The normalized spacial score (nSPS) is 13.3. The maximum Gasteiger partial charge on any atom is 0.472 e. The maximum absolute atomic E-state index is 12.8. The van der Waals surface area contributed by atoms with E-state index in [9.17, 15) is 19.0 Å². The van der Waals surface area contributed by atoms with Gasteiger partial charge in [-0.25, -0.2) is 4.57 Å². The van der Waals surface area contributed by atoms with Gasteiger partial charge in [0.05, 0.1) is 13.2 Å². The fourth-order valence-corrected chi connectivity index (χ4v) is 7.59. The van der Waals surface area contributed by atoms with Crippen molar-refractivity contribution in [2.75, 3.05) is 40.5 Å². The third-order valence-corrected chi connectivity index (χ3v) is 11.8. The number of hydrogen-bond donors (Lipinski definition) is 1. The number of unbranched alkanes of at least 4 members (excludes halogenated alkanes) is 12. The summed E-state index contributed by atoms with van der Waals surface area (Å²) in [6.07, 6.45) is 19.8. The average molecular weight is 824 g/mol. The van der Waals surface area contributed by atoms with E-state index in [0.29, 0.717) is 19.4 Å². The smallest absolute Gasteiger partial charge is 0.466 e. The van der Waals surface area contributed by atoms with Gasteiger partial charge >= 0.3 is 19.8 Å². The van der Waals surface area contributed by atoms with Crippen LogP contribution >= 0.6 is 7.82 Å². The molecular weight excluding hydrogens is 745 g/mol. The third kappa shape index (κ3) is 21.4. The van der Waals surface area contributed by atoms with E-state index in [1.807, 2.05) is 19.0 Å². The zero-order valence-electron chi connectivity index (χ0n) is 37.0. The fraction of sp³-hybridized carbons (Fsp3) is 0.778. The van der Waals surface area contributed by atoms with Crippen molar-refractivity contribution in [3.05, 3.63) is 45.3 Å². The summed E-state index contributed by atoms with van der Waals surface area (Å²) in [6.45, 7) is 12.7. The van der Waals surface area contributed by atoms with Crippen LogP contribution in [0, 0.1) is 27.7 Å².